The van der Waals surface area contributed by atoms with E-state index in [1.807, 2.05) is 6.08 Å². The van der Waals surface area contributed by atoms with E-state index >= 15 is 0 Å². The second kappa shape index (κ2) is 42.1. The van der Waals surface area contributed by atoms with Crippen LogP contribution in [0.3, 0.4) is 0 Å². The van der Waals surface area contributed by atoms with Gasteiger partial charge < -0.3 is 89.9 Å². The summed E-state index contributed by atoms with van der Waals surface area (Å²) < 4.78 is 34.2. The summed E-state index contributed by atoms with van der Waals surface area (Å²) in [4.78, 5) is 13.3. The normalized spacial score (nSPS) is 31.0. The van der Waals surface area contributed by atoms with Gasteiger partial charge in [-0.1, -0.05) is 157 Å². The molecule has 0 aliphatic carbocycles. The van der Waals surface area contributed by atoms with Gasteiger partial charge in [0, 0.05) is 6.42 Å². The summed E-state index contributed by atoms with van der Waals surface area (Å²) in [5.74, 6) is -0.330. The summed E-state index contributed by atoms with van der Waals surface area (Å²) in [5.41, 5.74) is 0. The van der Waals surface area contributed by atoms with E-state index in [9.17, 15) is 61.0 Å². The minimum absolute atomic E-state index is 0.179. The highest BCUT2D eigenvalue weighted by Gasteiger charge is 2.53. The zero-order chi connectivity index (χ0) is 56.9. The summed E-state index contributed by atoms with van der Waals surface area (Å²) in [6.45, 7) is 1.53. The molecule has 17 unspecified atom stereocenters. The van der Waals surface area contributed by atoms with E-state index in [-0.39, 0.29) is 18.9 Å². The molecular weight excluding hydrogens is 1010 g/mol. The summed E-state index contributed by atoms with van der Waals surface area (Å²) >= 11 is 0. The molecule has 3 rings (SSSR count). The zero-order valence-electron chi connectivity index (χ0n) is 46.6. The van der Waals surface area contributed by atoms with Crippen molar-refractivity contribution < 1.29 is 89.4 Å². The van der Waals surface area contributed by atoms with E-state index in [4.69, 9.17) is 28.4 Å². The Morgan fingerprint density at radius 2 is 0.897 bits per heavy atom. The highest BCUT2D eigenvalue weighted by Crippen LogP contribution is 2.33. The first kappa shape index (κ1) is 69.5. The third-order valence-electron chi connectivity index (χ3n) is 14.2. The summed E-state index contributed by atoms with van der Waals surface area (Å²) in [7, 11) is 0. The molecule has 0 aromatic carbocycles. The predicted octanol–water partition coefficient (Wildman–Crippen LogP) is 4.65. The van der Waals surface area contributed by atoms with Gasteiger partial charge in [-0.2, -0.15) is 0 Å². The van der Waals surface area contributed by atoms with E-state index < -0.39 is 124 Å². The van der Waals surface area contributed by atoms with Crippen molar-refractivity contribution in [3.63, 3.8) is 0 Å². The number of hydrogen-bond donors (Lipinski definition) is 12. The molecule has 0 aromatic rings. The number of aliphatic hydroxyl groups is 11. The maximum atomic E-state index is 13.3. The average molecular weight is 1110 g/mol. The molecule has 19 nitrogen and oxygen atoms in total. The maximum Gasteiger partial charge on any atom is 0.220 e. The smallest absolute Gasteiger partial charge is 0.220 e. The van der Waals surface area contributed by atoms with Gasteiger partial charge in [-0.05, 0) is 70.6 Å². The number of allylic oxidation sites excluding steroid dienone is 11. The van der Waals surface area contributed by atoms with Crippen molar-refractivity contribution in [2.45, 2.75) is 266 Å². The quantitative estimate of drug-likeness (QED) is 0.0293. The summed E-state index contributed by atoms with van der Waals surface area (Å²) in [5, 5.41) is 120. The van der Waals surface area contributed by atoms with Crippen molar-refractivity contribution in [1.82, 2.24) is 5.32 Å². The second-order valence-electron chi connectivity index (χ2n) is 20.7. The molecule has 12 N–H and O–H groups in total. The number of amides is 1. The molecule has 3 heterocycles. The first-order chi connectivity index (χ1) is 37.8. The van der Waals surface area contributed by atoms with Crippen LogP contribution >= 0.6 is 0 Å². The van der Waals surface area contributed by atoms with Crippen LogP contribution in [-0.4, -0.2) is 193 Å². The molecule has 0 saturated carbocycles. The van der Waals surface area contributed by atoms with E-state index in [1.165, 1.54) is 70.6 Å². The molecule has 3 aliphatic rings. The van der Waals surface area contributed by atoms with Crippen LogP contribution in [0.2, 0.25) is 0 Å². The van der Waals surface area contributed by atoms with Gasteiger partial charge in [-0.15, -0.1) is 0 Å². The molecule has 3 aliphatic heterocycles. The standard InChI is InChI=1S/C59H101NO18/c1-3-5-7-9-11-13-15-17-19-20-21-23-24-26-28-30-32-34-36-43(64)42(60-47(65)37-35-33-31-29-27-25-22-18-16-14-12-10-8-6-4-2)41-73-57-53(71)50(68)55(45(39-62)75-57)78-59-54(72)51(69)56(46(40-63)76-59)77-58-52(70)49(67)48(66)44(38-61)74-58/h6,8,12,14,18,22,26-29,34,36,42-46,48-59,61-64,66-72H,3-5,7,9-11,13,15-17,19-21,23-25,30-33,35,37-41H2,1-2H3,(H,60,65)/b8-6-,14-12-,22-18-,28-26+,29-27-,36-34+. The van der Waals surface area contributed by atoms with Gasteiger partial charge in [0.1, 0.15) is 73.2 Å². The lowest BCUT2D eigenvalue weighted by Crippen LogP contribution is -2.66. The Balaban J connectivity index is 1.55. The molecule has 17 atom stereocenters. The van der Waals surface area contributed by atoms with Crippen LogP contribution in [0.1, 0.15) is 162 Å². The number of rotatable bonds is 41. The number of nitrogens with one attached hydrogen (secondary N) is 1. The lowest BCUT2D eigenvalue weighted by Gasteiger charge is -2.48. The SMILES string of the molecule is CC/C=C\C/C=C\C/C=C\C/C=C\CCCCC(=O)NC(COC1OC(CO)C(OC2OC(CO)C(OC3OC(CO)C(O)C(O)C3O)C(O)C2O)C(O)C1O)C(O)/C=C/CC/C=C/CCCCCCCCCCCCCC. The van der Waals surface area contributed by atoms with Gasteiger partial charge in [-0.25, -0.2) is 0 Å². The number of aliphatic hydroxyl groups excluding tert-OH is 11. The van der Waals surface area contributed by atoms with Crippen LogP contribution in [0.4, 0.5) is 0 Å². The van der Waals surface area contributed by atoms with Crippen LogP contribution in [0.25, 0.3) is 0 Å². The lowest BCUT2D eigenvalue weighted by molar-refractivity contribution is -0.379. The number of hydrogen-bond acceptors (Lipinski definition) is 18. The van der Waals surface area contributed by atoms with Gasteiger partial charge >= 0.3 is 0 Å². The predicted molar refractivity (Wildman–Crippen MR) is 295 cm³/mol. The number of unbranched alkanes of at least 4 members (excludes halogenated alkanes) is 15. The van der Waals surface area contributed by atoms with E-state index in [0.29, 0.717) is 12.8 Å². The van der Waals surface area contributed by atoms with Crippen LogP contribution in [0.15, 0.2) is 72.9 Å². The fraction of sp³-hybridized carbons (Fsp3) is 0.780. The van der Waals surface area contributed by atoms with Gasteiger partial charge in [0.15, 0.2) is 18.9 Å². The first-order valence-corrected chi connectivity index (χ1v) is 29.2. The number of ether oxygens (including phenoxy) is 6. The highest BCUT2D eigenvalue weighted by molar-refractivity contribution is 5.76. The van der Waals surface area contributed by atoms with E-state index in [1.54, 1.807) is 6.08 Å². The molecule has 0 radical (unpaired) electrons. The molecule has 0 bridgehead atoms. The molecule has 450 valence electrons. The minimum Gasteiger partial charge on any atom is -0.394 e. The highest BCUT2D eigenvalue weighted by atomic mass is 16.8. The fourth-order valence-corrected chi connectivity index (χ4v) is 9.43. The van der Waals surface area contributed by atoms with Crippen molar-refractivity contribution in [3.05, 3.63) is 72.9 Å². The Kier molecular flexibility index (Phi) is 37.5. The van der Waals surface area contributed by atoms with Gasteiger partial charge in [0.2, 0.25) is 5.91 Å². The van der Waals surface area contributed by atoms with Crippen molar-refractivity contribution in [1.29, 1.82) is 0 Å². The Bertz CT molecular complexity index is 1710. The second-order valence-corrected chi connectivity index (χ2v) is 20.7. The Morgan fingerprint density at radius 1 is 0.474 bits per heavy atom. The van der Waals surface area contributed by atoms with Crippen LogP contribution in [-0.2, 0) is 33.2 Å². The Labute approximate surface area is 464 Å². The lowest BCUT2D eigenvalue weighted by atomic mass is 9.96. The number of carbonyl (C=O) groups excluding carboxylic acids is 1. The van der Waals surface area contributed by atoms with Crippen molar-refractivity contribution in [2.75, 3.05) is 26.4 Å². The molecule has 3 fully saturated rings. The number of carbonyl (C=O) groups is 1. The first-order valence-electron chi connectivity index (χ1n) is 29.2. The summed E-state index contributed by atoms with van der Waals surface area (Å²) in [6.07, 6.45) is 21.8. The zero-order valence-corrected chi connectivity index (χ0v) is 46.6. The van der Waals surface area contributed by atoms with Gasteiger partial charge in [-0.3, -0.25) is 4.79 Å². The van der Waals surface area contributed by atoms with Crippen molar-refractivity contribution in [3.8, 4) is 0 Å². The molecule has 19 heteroatoms. The largest absolute Gasteiger partial charge is 0.394 e. The molecule has 0 aromatic heterocycles. The van der Waals surface area contributed by atoms with E-state index in [0.717, 1.165) is 57.8 Å². The molecule has 0 spiro atoms. The topological polar surface area (TPSA) is 307 Å². The Hall–Kier alpha value is -2.77. The van der Waals surface area contributed by atoms with Crippen molar-refractivity contribution >= 4 is 5.91 Å². The van der Waals surface area contributed by atoms with Crippen molar-refractivity contribution in [2.24, 2.45) is 0 Å². The van der Waals surface area contributed by atoms with Gasteiger partial charge in [0.25, 0.3) is 0 Å². The van der Waals surface area contributed by atoms with Crippen LogP contribution in [0.5, 0.6) is 0 Å². The molecule has 1 amide bonds. The fourth-order valence-electron chi connectivity index (χ4n) is 9.43. The molecule has 78 heavy (non-hydrogen) atoms. The monoisotopic (exact) mass is 1110 g/mol. The average Bonchev–Trinajstić information content (AvgIpc) is 3.47. The third-order valence-corrected chi connectivity index (χ3v) is 14.2. The summed E-state index contributed by atoms with van der Waals surface area (Å²) in [6, 6.07) is -1.01. The maximum absolute atomic E-state index is 13.3. The van der Waals surface area contributed by atoms with Gasteiger partial charge in [0.05, 0.1) is 38.6 Å². The van der Waals surface area contributed by atoms with Crippen LogP contribution in [0, 0.1) is 0 Å². The third kappa shape index (κ3) is 26.0. The molecule has 3 saturated heterocycles. The Morgan fingerprint density at radius 3 is 1.44 bits per heavy atom. The van der Waals surface area contributed by atoms with Crippen LogP contribution < -0.4 is 5.32 Å². The molecular formula is C59H101NO18. The van der Waals surface area contributed by atoms with E-state index in [2.05, 4.69) is 79.9 Å². The minimum atomic E-state index is -1.99.